The standard InChI is InChI=1S/C12H10F4O4/c1-10(2)11(13,12(14,15)16)20-8-6(9(17)18)4-3-5-7(8)19-10/h3-5H,1-2H3,(H,17,18). The predicted molar refractivity (Wildman–Crippen MR) is 58.6 cm³/mol. The smallest absolute Gasteiger partial charge is 0.464 e. The highest BCUT2D eigenvalue weighted by Crippen LogP contribution is 2.52. The summed E-state index contributed by atoms with van der Waals surface area (Å²) in [5.41, 5.74) is -2.97. The molecule has 20 heavy (non-hydrogen) atoms. The van der Waals surface area contributed by atoms with Crippen LogP contribution in [0.25, 0.3) is 0 Å². The number of carboxylic acids is 1. The Balaban J connectivity index is 2.63. The molecule has 4 nitrogen and oxygen atoms in total. The van der Waals surface area contributed by atoms with Crippen molar-refractivity contribution < 1.29 is 36.9 Å². The monoisotopic (exact) mass is 294 g/mol. The van der Waals surface area contributed by atoms with Crippen molar-refractivity contribution in [2.24, 2.45) is 0 Å². The minimum absolute atomic E-state index is 0.257. The molecule has 1 heterocycles. The van der Waals surface area contributed by atoms with Crippen molar-refractivity contribution in [3.05, 3.63) is 23.8 Å². The van der Waals surface area contributed by atoms with Gasteiger partial charge in [-0.2, -0.15) is 17.6 Å². The van der Waals surface area contributed by atoms with Crippen LogP contribution in [0.5, 0.6) is 11.5 Å². The lowest BCUT2D eigenvalue weighted by Gasteiger charge is -2.44. The maximum absolute atomic E-state index is 14.3. The number of rotatable bonds is 1. The van der Waals surface area contributed by atoms with Crippen molar-refractivity contribution in [2.45, 2.75) is 31.5 Å². The van der Waals surface area contributed by atoms with Crippen LogP contribution in [-0.2, 0) is 0 Å². The topological polar surface area (TPSA) is 55.8 Å². The quantitative estimate of drug-likeness (QED) is 0.808. The van der Waals surface area contributed by atoms with Crippen LogP contribution in [0.4, 0.5) is 17.6 Å². The molecule has 0 spiro atoms. The molecule has 8 heteroatoms. The number of carboxylic acid groups (broad SMARTS) is 1. The van der Waals surface area contributed by atoms with Crippen molar-refractivity contribution in [3.8, 4) is 11.5 Å². The summed E-state index contributed by atoms with van der Waals surface area (Å²) in [5, 5.41) is 8.90. The van der Waals surface area contributed by atoms with Crippen LogP contribution >= 0.6 is 0 Å². The highest BCUT2D eigenvalue weighted by Gasteiger charge is 2.71. The lowest BCUT2D eigenvalue weighted by atomic mass is 9.95. The van der Waals surface area contributed by atoms with Crippen LogP contribution in [0.15, 0.2) is 18.2 Å². The fourth-order valence-electron chi connectivity index (χ4n) is 1.87. The van der Waals surface area contributed by atoms with E-state index in [0.717, 1.165) is 19.9 Å². The summed E-state index contributed by atoms with van der Waals surface area (Å²) in [6.07, 6.45) is -5.39. The van der Waals surface area contributed by atoms with Crippen molar-refractivity contribution >= 4 is 5.97 Å². The van der Waals surface area contributed by atoms with Gasteiger partial charge in [0.2, 0.25) is 0 Å². The number of hydrogen-bond donors (Lipinski definition) is 1. The molecule has 0 amide bonds. The second-order valence-corrected chi connectivity index (χ2v) is 4.75. The van der Waals surface area contributed by atoms with E-state index < -0.39 is 34.9 Å². The Kier molecular flexibility index (Phi) is 2.88. The summed E-state index contributed by atoms with van der Waals surface area (Å²) in [6, 6.07) is 3.47. The SMILES string of the molecule is CC1(C)Oc2cccc(C(=O)O)c2OC1(F)C(F)(F)F. The number of alkyl halides is 4. The van der Waals surface area contributed by atoms with E-state index in [1.54, 1.807) is 0 Å². The largest absolute Gasteiger partial charge is 0.478 e. The van der Waals surface area contributed by atoms with Gasteiger partial charge >= 0.3 is 18.0 Å². The van der Waals surface area contributed by atoms with E-state index in [4.69, 9.17) is 9.84 Å². The maximum atomic E-state index is 14.3. The van der Waals surface area contributed by atoms with Gasteiger partial charge in [-0.15, -0.1) is 0 Å². The molecule has 0 aliphatic carbocycles. The molecule has 1 aliphatic rings. The van der Waals surface area contributed by atoms with Gasteiger partial charge in [0.1, 0.15) is 5.56 Å². The first-order valence-electron chi connectivity index (χ1n) is 5.49. The Hall–Kier alpha value is -1.99. The lowest BCUT2D eigenvalue weighted by molar-refractivity contribution is -0.356. The zero-order chi connectivity index (χ0) is 15.3. The predicted octanol–water partition coefficient (Wildman–Crippen LogP) is 3.16. The first kappa shape index (κ1) is 14.4. The number of hydrogen-bond acceptors (Lipinski definition) is 3. The minimum Gasteiger partial charge on any atom is -0.478 e. The van der Waals surface area contributed by atoms with E-state index in [1.165, 1.54) is 12.1 Å². The van der Waals surface area contributed by atoms with E-state index in [2.05, 4.69) is 4.74 Å². The molecule has 0 radical (unpaired) electrons. The van der Waals surface area contributed by atoms with Crippen molar-refractivity contribution in [2.75, 3.05) is 0 Å². The van der Waals surface area contributed by atoms with Gasteiger partial charge < -0.3 is 14.6 Å². The van der Waals surface area contributed by atoms with Gasteiger partial charge in [-0.25, -0.2) is 4.79 Å². The number of para-hydroxylation sites is 1. The van der Waals surface area contributed by atoms with Gasteiger partial charge in [-0.1, -0.05) is 6.07 Å². The maximum Gasteiger partial charge on any atom is 0.464 e. The van der Waals surface area contributed by atoms with E-state index in [9.17, 15) is 22.4 Å². The van der Waals surface area contributed by atoms with Crippen LogP contribution in [0.3, 0.4) is 0 Å². The summed E-state index contributed by atoms with van der Waals surface area (Å²) in [4.78, 5) is 11.0. The van der Waals surface area contributed by atoms with Gasteiger partial charge in [-0.3, -0.25) is 0 Å². The average molecular weight is 294 g/mol. The van der Waals surface area contributed by atoms with Gasteiger partial charge in [0.15, 0.2) is 17.1 Å². The van der Waals surface area contributed by atoms with E-state index in [1.807, 2.05) is 0 Å². The van der Waals surface area contributed by atoms with Crippen LogP contribution in [-0.4, -0.2) is 28.7 Å². The summed E-state index contributed by atoms with van der Waals surface area (Å²) >= 11 is 0. The molecule has 110 valence electrons. The second-order valence-electron chi connectivity index (χ2n) is 4.75. The highest BCUT2D eigenvalue weighted by molar-refractivity contribution is 5.92. The molecule has 1 unspecified atom stereocenters. The summed E-state index contributed by atoms with van der Waals surface area (Å²) in [5.74, 6) is -6.74. The third-order valence-electron chi connectivity index (χ3n) is 2.96. The van der Waals surface area contributed by atoms with Gasteiger partial charge in [0.25, 0.3) is 0 Å². The number of aromatic carboxylic acids is 1. The number of halogens is 4. The molecule has 1 aromatic carbocycles. The Morgan fingerprint density at radius 3 is 2.35 bits per heavy atom. The average Bonchev–Trinajstić information content (AvgIpc) is 2.27. The van der Waals surface area contributed by atoms with Gasteiger partial charge in [0.05, 0.1) is 0 Å². The Labute approximate surface area is 110 Å². The number of fused-ring (bicyclic) bond motifs is 1. The van der Waals surface area contributed by atoms with E-state index in [0.29, 0.717) is 0 Å². The zero-order valence-corrected chi connectivity index (χ0v) is 10.4. The molecule has 1 aliphatic heterocycles. The lowest BCUT2D eigenvalue weighted by Crippen LogP contribution is -2.65. The molecular formula is C12H10F4O4. The zero-order valence-electron chi connectivity index (χ0n) is 10.4. The Morgan fingerprint density at radius 1 is 1.25 bits per heavy atom. The fourth-order valence-corrected chi connectivity index (χ4v) is 1.87. The third kappa shape index (κ3) is 1.86. The molecule has 1 atom stereocenters. The molecule has 2 rings (SSSR count). The second kappa shape index (κ2) is 4.00. The van der Waals surface area contributed by atoms with Gasteiger partial charge in [0, 0.05) is 0 Å². The molecular weight excluding hydrogens is 284 g/mol. The van der Waals surface area contributed by atoms with Crippen LogP contribution in [0.2, 0.25) is 0 Å². The normalized spacial score (nSPS) is 24.3. The van der Waals surface area contributed by atoms with Crippen molar-refractivity contribution in [3.63, 3.8) is 0 Å². The highest BCUT2D eigenvalue weighted by atomic mass is 19.4. The van der Waals surface area contributed by atoms with Crippen LogP contribution in [0.1, 0.15) is 24.2 Å². The number of carbonyl (C=O) groups is 1. The fraction of sp³-hybridized carbons (Fsp3) is 0.417. The molecule has 0 saturated carbocycles. The molecule has 0 bridgehead atoms. The van der Waals surface area contributed by atoms with E-state index in [-0.39, 0.29) is 5.75 Å². The van der Waals surface area contributed by atoms with Crippen molar-refractivity contribution in [1.29, 1.82) is 0 Å². The number of ether oxygens (including phenoxy) is 2. The summed E-state index contributed by atoms with van der Waals surface area (Å²) in [7, 11) is 0. The molecule has 1 N–H and O–H groups in total. The Morgan fingerprint density at radius 2 is 1.85 bits per heavy atom. The number of benzene rings is 1. The van der Waals surface area contributed by atoms with E-state index >= 15 is 0 Å². The minimum atomic E-state index is -5.39. The van der Waals surface area contributed by atoms with Gasteiger partial charge in [-0.05, 0) is 26.0 Å². The Bertz CT molecular complexity index is 567. The molecule has 1 aromatic rings. The molecule has 0 saturated heterocycles. The summed E-state index contributed by atoms with van der Waals surface area (Å²) in [6.45, 7) is 1.74. The first-order valence-corrected chi connectivity index (χ1v) is 5.49. The van der Waals surface area contributed by atoms with Crippen LogP contribution < -0.4 is 9.47 Å². The molecule has 0 fully saturated rings. The molecule has 0 aromatic heterocycles. The summed E-state index contributed by atoms with van der Waals surface area (Å²) < 4.78 is 62.4. The third-order valence-corrected chi connectivity index (χ3v) is 2.96. The van der Waals surface area contributed by atoms with Crippen LogP contribution in [0, 0.1) is 0 Å². The van der Waals surface area contributed by atoms with Crippen molar-refractivity contribution in [1.82, 2.24) is 0 Å². The first-order chi connectivity index (χ1) is 8.99.